The van der Waals surface area contributed by atoms with Gasteiger partial charge in [0.05, 0.1) is 29.3 Å². The van der Waals surface area contributed by atoms with Crippen molar-refractivity contribution in [3.05, 3.63) is 21.3 Å². The van der Waals surface area contributed by atoms with Gasteiger partial charge in [-0.05, 0) is 47.2 Å². The first kappa shape index (κ1) is 16.5. The molecule has 1 fully saturated rings. The molecule has 1 heterocycles. The fourth-order valence-electron chi connectivity index (χ4n) is 1.68. The summed E-state index contributed by atoms with van der Waals surface area (Å²) in [7, 11) is 1.59. The average Bonchev–Trinajstić information content (AvgIpc) is 2.78. The third-order valence-electron chi connectivity index (χ3n) is 2.59. The van der Waals surface area contributed by atoms with Crippen molar-refractivity contribution < 1.29 is 14.3 Å². The van der Waals surface area contributed by atoms with Gasteiger partial charge in [-0.1, -0.05) is 24.0 Å². The number of carbonyl (C=O) groups is 1. The number of thioether (sulfide) groups is 1. The number of rotatable bonds is 5. The molecule has 0 bridgehead atoms. The first-order valence-corrected chi connectivity index (χ1v) is 8.58. The van der Waals surface area contributed by atoms with Gasteiger partial charge in [0, 0.05) is 0 Å². The molecular formula is C13H13IN2O3S2. The van der Waals surface area contributed by atoms with Crippen LogP contribution in [-0.4, -0.2) is 40.9 Å². The minimum atomic E-state index is -0.103. The minimum absolute atomic E-state index is 0.103. The number of thiocarbonyl (C=S) groups is 1. The van der Waals surface area contributed by atoms with E-state index in [4.69, 9.17) is 21.7 Å². The van der Waals surface area contributed by atoms with Gasteiger partial charge >= 0.3 is 0 Å². The van der Waals surface area contributed by atoms with Gasteiger partial charge < -0.3 is 9.47 Å². The second-order valence-corrected chi connectivity index (χ2v) is 6.74. The Labute approximate surface area is 146 Å². The molecule has 0 unspecified atom stereocenters. The Morgan fingerprint density at radius 3 is 2.90 bits per heavy atom. The summed E-state index contributed by atoms with van der Waals surface area (Å²) >= 11 is 8.56. The Hall–Kier alpha value is -0.870. The van der Waals surface area contributed by atoms with Crippen LogP contribution >= 0.6 is 46.6 Å². The number of ether oxygens (including phenoxy) is 2. The van der Waals surface area contributed by atoms with Crippen LogP contribution < -0.4 is 9.47 Å². The number of hydrazone groups is 1. The van der Waals surface area contributed by atoms with Crippen molar-refractivity contribution in [3.63, 3.8) is 0 Å². The molecule has 0 atom stereocenters. The normalized spacial score (nSPS) is 15.1. The smallest absolute Gasteiger partial charge is 0.259 e. The highest BCUT2D eigenvalue weighted by Crippen LogP contribution is 2.33. The van der Waals surface area contributed by atoms with Crippen molar-refractivity contribution in [1.29, 1.82) is 0 Å². The molecule has 1 aromatic rings. The summed E-state index contributed by atoms with van der Waals surface area (Å²) < 4.78 is 12.3. The molecule has 0 spiro atoms. The van der Waals surface area contributed by atoms with Gasteiger partial charge in [-0.3, -0.25) is 4.79 Å². The van der Waals surface area contributed by atoms with Gasteiger partial charge in [-0.15, -0.1) is 0 Å². The lowest BCUT2D eigenvalue weighted by molar-refractivity contribution is -0.123. The van der Waals surface area contributed by atoms with E-state index in [9.17, 15) is 4.79 Å². The molecule has 112 valence electrons. The highest BCUT2D eigenvalue weighted by atomic mass is 127. The van der Waals surface area contributed by atoms with Gasteiger partial charge in [0.25, 0.3) is 5.91 Å². The van der Waals surface area contributed by atoms with E-state index in [0.717, 1.165) is 9.13 Å². The summed E-state index contributed by atoms with van der Waals surface area (Å²) in [6.07, 6.45) is 1.59. The monoisotopic (exact) mass is 436 g/mol. The largest absolute Gasteiger partial charge is 0.493 e. The maximum absolute atomic E-state index is 11.6. The maximum atomic E-state index is 11.6. The summed E-state index contributed by atoms with van der Waals surface area (Å²) in [6.45, 7) is 2.48. The van der Waals surface area contributed by atoms with E-state index in [1.165, 1.54) is 16.8 Å². The van der Waals surface area contributed by atoms with Crippen molar-refractivity contribution >= 4 is 63.0 Å². The van der Waals surface area contributed by atoms with Crippen LogP contribution in [0.15, 0.2) is 17.2 Å². The third-order valence-corrected chi connectivity index (χ3v) is 4.73. The van der Waals surface area contributed by atoms with Crippen LogP contribution in [0.2, 0.25) is 0 Å². The van der Waals surface area contributed by atoms with Crippen LogP contribution in [0.4, 0.5) is 0 Å². The highest BCUT2D eigenvalue weighted by Gasteiger charge is 2.26. The number of hydrogen-bond acceptors (Lipinski definition) is 6. The molecular weight excluding hydrogens is 423 g/mol. The minimum Gasteiger partial charge on any atom is -0.493 e. The van der Waals surface area contributed by atoms with E-state index in [-0.39, 0.29) is 5.91 Å². The molecule has 1 amide bonds. The lowest BCUT2D eigenvalue weighted by atomic mass is 10.2. The molecule has 1 aliphatic rings. The number of methoxy groups -OCH3 is 1. The van der Waals surface area contributed by atoms with Crippen LogP contribution in [-0.2, 0) is 4.79 Å². The molecule has 2 rings (SSSR count). The van der Waals surface area contributed by atoms with E-state index < -0.39 is 0 Å². The van der Waals surface area contributed by atoms with Gasteiger partial charge in [-0.25, -0.2) is 0 Å². The van der Waals surface area contributed by atoms with Gasteiger partial charge in [-0.2, -0.15) is 10.1 Å². The Balaban J connectivity index is 2.26. The Morgan fingerprint density at radius 2 is 2.33 bits per heavy atom. The third kappa shape index (κ3) is 3.86. The van der Waals surface area contributed by atoms with Crippen LogP contribution in [0.3, 0.4) is 0 Å². The summed E-state index contributed by atoms with van der Waals surface area (Å²) in [5.74, 6) is 1.59. The SMILES string of the molecule is CCOc1c(I)cc(/C=N/N2C(=O)CSC2=S)cc1OC. The van der Waals surface area contributed by atoms with Crippen LogP contribution in [0.25, 0.3) is 0 Å². The zero-order chi connectivity index (χ0) is 15.4. The lowest BCUT2D eigenvalue weighted by Crippen LogP contribution is -2.22. The standard InChI is InChI=1S/C13H13IN2O3S2/c1-3-19-12-9(14)4-8(5-10(12)18-2)6-15-16-11(17)7-21-13(16)20/h4-6H,3,7H2,1-2H3/b15-6+. The molecule has 0 saturated carbocycles. The zero-order valence-corrected chi connectivity index (χ0v) is 15.3. The first-order valence-electron chi connectivity index (χ1n) is 6.10. The average molecular weight is 436 g/mol. The first-order chi connectivity index (χ1) is 10.1. The van der Waals surface area contributed by atoms with E-state index in [2.05, 4.69) is 27.7 Å². The highest BCUT2D eigenvalue weighted by molar-refractivity contribution is 14.1. The number of nitrogens with zero attached hydrogens (tertiary/aromatic N) is 2. The van der Waals surface area contributed by atoms with Gasteiger partial charge in [0.15, 0.2) is 15.8 Å². The fraction of sp³-hybridized carbons (Fsp3) is 0.308. The molecule has 5 nitrogen and oxygen atoms in total. The Morgan fingerprint density at radius 1 is 1.57 bits per heavy atom. The Kier molecular flexibility index (Phi) is 5.82. The van der Waals surface area contributed by atoms with E-state index >= 15 is 0 Å². The lowest BCUT2D eigenvalue weighted by Gasteiger charge is -2.12. The molecule has 8 heteroatoms. The van der Waals surface area contributed by atoms with Crippen molar-refractivity contribution in [2.45, 2.75) is 6.92 Å². The van der Waals surface area contributed by atoms with E-state index in [1.54, 1.807) is 13.3 Å². The molecule has 0 radical (unpaired) electrons. The number of amides is 1. The van der Waals surface area contributed by atoms with Crippen LogP contribution in [0.1, 0.15) is 12.5 Å². The number of hydrogen-bond donors (Lipinski definition) is 0. The van der Waals surface area contributed by atoms with E-state index in [0.29, 0.717) is 28.2 Å². The van der Waals surface area contributed by atoms with Crippen molar-refractivity contribution in [1.82, 2.24) is 5.01 Å². The molecule has 0 aliphatic carbocycles. The number of benzene rings is 1. The maximum Gasteiger partial charge on any atom is 0.259 e. The summed E-state index contributed by atoms with van der Waals surface area (Å²) in [5, 5.41) is 5.39. The topological polar surface area (TPSA) is 51.1 Å². The Bertz CT molecular complexity index is 591. The second-order valence-electron chi connectivity index (χ2n) is 3.97. The van der Waals surface area contributed by atoms with Crippen molar-refractivity contribution in [2.24, 2.45) is 5.10 Å². The molecule has 0 N–H and O–H groups in total. The van der Waals surface area contributed by atoms with Gasteiger partial charge in [0.1, 0.15) is 0 Å². The van der Waals surface area contributed by atoms with Crippen LogP contribution in [0.5, 0.6) is 11.5 Å². The molecule has 21 heavy (non-hydrogen) atoms. The quantitative estimate of drug-likeness (QED) is 0.404. The zero-order valence-electron chi connectivity index (χ0n) is 11.5. The number of halogens is 1. The number of carbonyl (C=O) groups excluding carboxylic acids is 1. The van der Waals surface area contributed by atoms with E-state index in [1.807, 2.05) is 19.1 Å². The van der Waals surface area contributed by atoms with Crippen LogP contribution in [0, 0.1) is 3.57 Å². The molecule has 1 aromatic carbocycles. The van der Waals surface area contributed by atoms with Crippen molar-refractivity contribution in [2.75, 3.05) is 19.5 Å². The molecule has 0 aromatic heterocycles. The fourth-order valence-corrected chi connectivity index (χ4v) is 3.43. The molecule has 1 saturated heterocycles. The van der Waals surface area contributed by atoms with Gasteiger partial charge in [0.2, 0.25) is 0 Å². The predicted octanol–water partition coefficient (Wildman–Crippen LogP) is 2.89. The predicted molar refractivity (Wildman–Crippen MR) is 96.4 cm³/mol. The summed E-state index contributed by atoms with van der Waals surface area (Å²) in [4.78, 5) is 11.6. The molecule has 1 aliphatic heterocycles. The summed E-state index contributed by atoms with van der Waals surface area (Å²) in [5.41, 5.74) is 0.812. The second kappa shape index (κ2) is 7.41. The summed E-state index contributed by atoms with van der Waals surface area (Å²) in [6, 6.07) is 3.72. The van der Waals surface area contributed by atoms with Crippen molar-refractivity contribution in [3.8, 4) is 11.5 Å².